The van der Waals surface area contributed by atoms with E-state index in [1.807, 2.05) is 0 Å². The van der Waals surface area contributed by atoms with Crippen molar-refractivity contribution in [3.8, 4) is 0 Å². The zero-order valence-electron chi connectivity index (χ0n) is 12.4. The van der Waals surface area contributed by atoms with Crippen molar-refractivity contribution in [3.05, 3.63) is 50.6 Å². The predicted molar refractivity (Wildman–Crippen MR) is 93.9 cm³/mol. The van der Waals surface area contributed by atoms with Gasteiger partial charge in [-0.2, -0.15) is 0 Å². The Morgan fingerprint density at radius 1 is 1.08 bits per heavy atom. The van der Waals surface area contributed by atoms with E-state index >= 15 is 0 Å². The Hall–Kier alpha value is -1.89. The van der Waals surface area contributed by atoms with Crippen LogP contribution in [0.25, 0.3) is 0 Å². The van der Waals surface area contributed by atoms with E-state index in [1.165, 1.54) is 0 Å². The summed E-state index contributed by atoms with van der Waals surface area (Å²) in [6.45, 7) is -0.426. The first-order valence-electron chi connectivity index (χ1n) is 6.93. The van der Waals surface area contributed by atoms with Gasteiger partial charge in [0.1, 0.15) is 0 Å². The van der Waals surface area contributed by atoms with Crippen LogP contribution in [-0.4, -0.2) is 24.3 Å². The summed E-state index contributed by atoms with van der Waals surface area (Å²) in [6, 6.07) is 9.83. The van der Waals surface area contributed by atoms with Crippen molar-refractivity contribution in [2.45, 2.75) is 12.8 Å². The van der Waals surface area contributed by atoms with Gasteiger partial charge < -0.3 is 10.1 Å². The third-order valence-electron chi connectivity index (χ3n) is 2.88. The molecular weight excluding hydrogens is 373 g/mol. The van der Waals surface area contributed by atoms with Gasteiger partial charge in [0.2, 0.25) is 0 Å². The van der Waals surface area contributed by atoms with Gasteiger partial charge in [0.05, 0.1) is 15.6 Å². The lowest BCUT2D eigenvalue weighted by Gasteiger charge is -2.06. The average molecular weight is 386 g/mol. The molecular formula is C16H13Cl2NO4S. The van der Waals surface area contributed by atoms with Gasteiger partial charge in [-0.1, -0.05) is 29.3 Å². The van der Waals surface area contributed by atoms with E-state index in [9.17, 15) is 14.4 Å². The molecule has 0 bridgehead atoms. The summed E-state index contributed by atoms with van der Waals surface area (Å²) in [5.41, 5.74) is 0.508. The first-order valence-corrected chi connectivity index (χ1v) is 8.51. The van der Waals surface area contributed by atoms with Crippen molar-refractivity contribution >= 4 is 57.9 Å². The van der Waals surface area contributed by atoms with Crippen LogP contribution in [0.4, 0.5) is 5.69 Å². The minimum atomic E-state index is -0.618. The highest BCUT2D eigenvalue weighted by molar-refractivity contribution is 7.18. The number of esters is 1. The van der Waals surface area contributed by atoms with Crippen molar-refractivity contribution in [2.75, 3.05) is 11.9 Å². The van der Waals surface area contributed by atoms with E-state index in [0.717, 1.165) is 11.3 Å². The summed E-state index contributed by atoms with van der Waals surface area (Å²) in [5, 5.41) is 3.03. The molecule has 0 fully saturated rings. The van der Waals surface area contributed by atoms with E-state index in [-0.39, 0.29) is 18.6 Å². The lowest BCUT2D eigenvalue weighted by atomic mass is 10.2. The topological polar surface area (TPSA) is 72.5 Å². The zero-order chi connectivity index (χ0) is 17.5. The zero-order valence-corrected chi connectivity index (χ0v) is 14.7. The number of rotatable bonds is 7. The Labute approximate surface area is 152 Å². The summed E-state index contributed by atoms with van der Waals surface area (Å²) < 4.78 is 5.35. The number of halogens is 2. The quantitative estimate of drug-likeness (QED) is 0.572. The molecule has 0 atom stereocenters. The molecule has 1 aromatic carbocycles. The summed E-state index contributed by atoms with van der Waals surface area (Å²) in [7, 11) is 0. The summed E-state index contributed by atoms with van der Waals surface area (Å²) in [6.07, 6.45) is -0.0929. The normalized spacial score (nSPS) is 10.2. The monoisotopic (exact) mass is 385 g/mol. The molecule has 1 amide bonds. The second-order valence-corrected chi connectivity index (χ2v) is 6.90. The van der Waals surface area contributed by atoms with Crippen LogP contribution >= 0.6 is 34.5 Å². The molecule has 2 aromatic rings. The molecule has 0 radical (unpaired) electrons. The number of hydrogen-bond donors (Lipinski definition) is 1. The number of nitrogens with one attached hydrogen (secondary N) is 1. The second kappa shape index (κ2) is 8.82. The van der Waals surface area contributed by atoms with Gasteiger partial charge in [0, 0.05) is 17.1 Å². The Morgan fingerprint density at radius 3 is 2.54 bits per heavy atom. The highest BCUT2D eigenvalue weighted by Crippen LogP contribution is 2.23. The van der Waals surface area contributed by atoms with Gasteiger partial charge in [0.25, 0.3) is 5.91 Å². The molecule has 0 unspecified atom stereocenters. The number of benzene rings is 1. The predicted octanol–water partition coefficient (Wildman–Crippen LogP) is 4.20. The van der Waals surface area contributed by atoms with E-state index in [1.54, 1.807) is 36.4 Å². The smallest absolute Gasteiger partial charge is 0.306 e. The molecule has 0 aliphatic rings. The van der Waals surface area contributed by atoms with Crippen molar-refractivity contribution in [3.63, 3.8) is 0 Å². The molecule has 126 valence electrons. The van der Waals surface area contributed by atoms with Crippen LogP contribution in [0, 0.1) is 0 Å². The fraction of sp³-hybridized carbons (Fsp3) is 0.188. The molecule has 0 saturated carbocycles. The minimum Gasteiger partial charge on any atom is -0.456 e. The number of ketones is 1. The Kier molecular flexibility index (Phi) is 6.78. The van der Waals surface area contributed by atoms with E-state index in [2.05, 4.69) is 5.32 Å². The Balaban J connectivity index is 1.71. The Morgan fingerprint density at radius 2 is 1.88 bits per heavy atom. The van der Waals surface area contributed by atoms with Gasteiger partial charge in [-0.05, 0) is 30.3 Å². The Bertz CT molecular complexity index is 760. The van der Waals surface area contributed by atoms with Crippen molar-refractivity contribution in [1.29, 1.82) is 0 Å². The average Bonchev–Trinajstić information content (AvgIpc) is 2.97. The fourth-order valence-electron chi connectivity index (χ4n) is 1.78. The minimum absolute atomic E-state index is 0.00554. The van der Waals surface area contributed by atoms with E-state index < -0.39 is 18.5 Å². The lowest BCUT2D eigenvalue weighted by Crippen LogP contribution is -2.21. The molecule has 2 rings (SSSR count). The SMILES string of the molecule is O=C(COC(=O)CCC(=O)c1ccc(Cl)s1)Nc1cccc(Cl)c1. The number of carbonyl (C=O) groups excluding carboxylic acids is 3. The van der Waals surface area contributed by atoms with Crippen LogP contribution < -0.4 is 5.32 Å². The van der Waals surface area contributed by atoms with Crippen LogP contribution in [0.2, 0.25) is 9.36 Å². The summed E-state index contributed by atoms with van der Waals surface area (Å²) in [5.74, 6) is -1.29. The van der Waals surface area contributed by atoms with Crippen molar-refractivity contribution in [1.82, 2.24) is 0 Å². The largest absolute Gasteiger partial charge is 0.456 e. The van der Waals surface area contributed by atoms with Crippen LogP contribution in [-0.2, 0) is 14.3 Å². The van der Waals surface area contributed by atoms with Crippen LogP contribution in [0.5, 0.6) is 0 Å². The molecule has 24 heavy (non-hydrogen) atoms. The number of carbonyl (C=O) groups is 3. The van der Waals surface area contributed by atoms with E-state index in [4.69, 9.17) is 27.9 Å². The number of ether oxygens (including phenoxy) is 1. The molecule has 0 spiro atoms. The summed E-state index contributed by atoms with van der Waals surface area (Å²) >= 11 is 12.7. The molecule has 1 N–H and O–H groups in total. The van der Waals surface area contributed by atoms with E-state index in [0.29, 0.717) is 19.9 Å². The van der Waals surface area contributed by atoms with Gasteiger partial charge in [-0.15, -0.1) is 11.3 Å². The molecule has 8 heteroatoms. The van der Waals surface area contributed by atoms with Crippen molar-refractivity contribution in [2.24, 2.45) is 0 Å². The molecule has 0 aliphatic carbocycles. The molecule has 0 saturated heterocycles. The number of Topliss-reactive ketones (excluding diaryl/α,β-unsaturated/α-hetero) is 1. The van der Waals surface area contributed by atoms with Gasteiger partial charge in [-0.25, -0.2) is 0 Å². The first kappa shape index (κ1) is 18.4. The molecule has 1 aromatic heterocycles. The third kappa shape index (κ3) is 5.96. The van der Waals surface area contributed by atoms with Crippen LogP contribution in [0.15, 0.2) is 36.4 Å². The van der Waals surface area contributed by atoms with Crippen LogP contribution in [0.3, 0.4) is 0 Å². The fourth-order valence-corrected chi connectivity index (χ4v) is 2.99. The third-order valence-corrected chi connectivity index (χ3v) is 4.38. The van der Waals surface area contributed by atoms with Gasteiger partial charge in [0.15, 0.2) is 12.4 Å². The number of amides is 1. The highest BCUT2D eigenvalue weighted by Gasteiger charge is 2.13. The second-order valence-electron chi connectivity index (χ2n) is 4.75. The molecule has 5 nitrogen and oxygen atoms in total. The first-order chi connectivity index (χ1) is 11.4. The number of thiophene rings is 1. The van der Waals surface area contributed by atoms with Gasteiger partial charge >= 0.3 is 5.97 Å². The summed E-state index contributed by atoms with van der Waals surface area (Å²) in [4.78, 5) is 35.6. The van der Waals surface area contributed by atoms with Crippen molar-refractivity contribution < 1.29 is 19.1 Å². The van der Waals surface area contributed by atoms with Gasteiger partial charge in [-0.3, -0.25) is 14.4 Å². The standard InChI is InChI=1S/C16H13Cl2NO4S/c17-10-2-1-3-11(8-10)19-15(21)9-23-16(22)7-4-12(20)13-5-6-14(18)24-13/h1-3,5-6,8H,4,7,9H2,(H,19,21). The maximum absolute atomic E-state index is 11.8. The maximum Gasteiger partial charge on any atom is 0.306 e. The number of anilines is 1. The molecule has 1 heterocycles. The highest BCUT2D eigenvalue weighted by atomic mass is 35.5. The molecule has 0 aliphatic heterocycles. The number of hydrogen-bond acceptors (Lipinski definition) is 5. The lowest BCUT2D eigenvalue weighted by molar-refractivity contribution is -0.147. The van der Waals surface area contributed by atoms with Crippen LogP contribution in [0.1, 0.15) is 22.5 Å². The maximum atomic E-state index is 11.8.